The standard InChI is InChI=1S/C12H10FN.C2H6/c1-9-4-5-10(7-12(9)13)11-3-2-6-14-8-11;1-2/h2-8H,1H3;1-2H3. The van der Waals surface area contributed by atoms with E-state index >= 15 is 0 Å². The molecule has 0 aliphatic heterocycles. The lowest BCUT2D eigenvalue weighted by Gasteiger charge is -2.02. The number of rotatable bonds is 1. The Hall–Kier alpha value is -1.70. The summed E-state index contributed by atoms with van der Waals surface area (Å²) in [7, 11) is 0. The Morgan fingerprint density at radius 1 is 1.06 bits per heavy atom. The highest BCUT2D eigenvalue weighted by molar-refractivity contribution is 5.62. The maximum Gasteiger partial charge on any atom is 0.126 e. The van der Waals surface area contributed by atoms with Gasteiger partial charge in [0.15, 0.2) is 0 Å². The number of benzene rings is 1. The van der Waals surface area contributed by atoms with Crippen LogP contribution >= 0.6 is 0 Å². The summed E-state index contributed by atoms with van der Waals surface area (Å²) in [5.41, 5.74) is 2.46. The molecule has 0 saturated heterocycles. The minimum atomic E-state index is -0.175. The summed E-state index contributed by atoms with van der Waals surface area (Å²) in [5.74, 6) is -0.175. The molecule has 0 fully saturated rings. The van der Waals surface area contributed by atoms with E-state index < -0.39 is 0 Å². The van der Waals surface area contributed by atoms with Crippen LogP contribution in [0.1, 0.15) is 19.4 Å². The van der Waals surface area contributed by atoms with Crippen LogP contribution < -0.4 is 0 Å². The largest absolute Gasteiger partial charge is 0.264 e. The maximum absolute atomic E-state index is 13.2. The van der Waals surface area contributed by atoms with Gasteiger partial charge in [-0.05, 0) is 30.2 Å². The third kappa shape index (κ3) is 2.89. The second-order valence-electron chi connectivity index (χ2n) is 3.21. The first kappa shape index (κ1) is 12.4. The van der Waals surface area contributed by atoms with Crippen LogP contribution in [-0.4, -0.2) is 4.98 Å². The summed E-state index contributed by atoms with van der Waals surface area (Å²) < 4.78 is 13.2. The van der Waals surface area contributed by atoms with Gasteiger partial charge in [-0.1, -0.05) is 32.0 Å². The first-order chi connectivity index (χ1) is 7.77. The third-order valence-corrected chi connectivity index (χ3v) is 2.17. The molecule has 1 nitrogen and oxygen atoms in total. The van der Waals surface area contributed by atoms with E-state index in [0.29, 0.717) is 5.56 Å². The topological polar surface area (TPSA) is 12.9 Å². The molecule has 0 unspecified atom stereocenters. The maximum atomic E-state index is 13.2. The predicted molar refractivity (Wildman–Crippen MR) is 65.7 cm³/mol. The third-order valence-electron chi connectivity index (χ3n) is 2.17. The number of nitrogens with zero attached hydrogens (tertiary/aromatic N) is 1. The van der Waals surface area contributed by atoms with Gasteiger partial charge in [-0.3, -0.25) is 4.98 Å². The first-order valence-electron chi connectivity index (χ1n) is 5.44. The smallest absolute Gasteiger partial charge is 0.126 e. The highest BCUT2D eigenvalue weighted by Gasteiger charge is 2.00. The second-order valence-corrected chi connectivity index (χ2v) is 3.21. The van der Waals surface area contributed by atoms with Crippen molar-refractivity contribution in [3.63, 3.8) is 0 Å². The molecule has 84 valence electrons. The second kappa shape index (κ2) is 6.01. The molecule has 1 aromatic carbocycles. The summed E-state index contributed by atoms with van der Waals surface area (Å²) in [6.07, 6.45) is 3.43. The van der Waals surface area contributed by atoms with Crippen molar-refractivity contribution in [1.82, 2.24) is 4.98 Å². The van der Waals surface area contributed by atoms with Crippen LogP contribution in [0.2, 0.25) is 0 Å². The SMILES string of the molecule is CC.Cc1ccc(-c2cccnc2)cc1F. The van der Waals surface area contributed by atoms with Crippen LogP contribution in [-0.2, 0) is 0 Å². The molecule has 0 spiro atoms. The van der Waals surface area contributed by atoms with Gasteiger partial charge in [-0.25, -0.2) is 4.39 Å². The molecule has 16 heavy (non-hydrogen) atoms. The molecule has 0 aliphatic rings. The zero-order valence-corrected chi connectivity index (χ0v) is 9.87. The van der Waals surface area contributed by atoms with Crippen LogP contribution in [0.5, 0.6) is 0 Å². The Balaban J connectivity index is 0.000000606. The number of hydrogen-bond donors (Lipinski definition) is 0. The molecule has 1 aromatic heterocycles. The average Bonchev–Trinajstić information content (AvgIpc) is 2.36. The van der Waals surface area contributed by atoms with Gasteiger partial charge in [0.2, 0.25) is 0 Å². The van der Waals surface area contributed by atoms with E-state index in [9.17, 15) is 4.39 Å². The van der Waals surface area contributed by atoms with E-state index in [2.05, 4.69) is 4.98 Å². The number of aryl methyl sites for hydroxylation is 1. The van der Waals surface area contributed by atoms with E-state index in [1.165, 1.54) is 6.07 Å². The van der Waals surface area contributed by atoms with Crippen molar-refractivity contribution in [2.24, 2.45) is 0 Å². The van der Waals surface area contributed by atoms with E-state index in [1.807, 2.05) is 32.0 Å². The van der Waals surface area contributed by atoms with Crippen molar-refractivity contribution in [1.29, 1.82) is 0 Å². The lowest BCUT2D eigenvalue weighted by molar-refractivity contribution is 0.619. The fraction of sp³-hybridized carbons (Fsp3) is 0.214. The van der Waals surface area contributed by atoms with Gasteiger partial charge in [-0.2, -0.15) is 0 Å². The Kier molecular flexibility index (Phi) is 4.65. The monoisotopic (exact) mass is 217 g/mol. The highest BCUT2D eigenvalue weighted by Crippen LogP contribution is 2.20. The summed E-state index contributed by atoms with van der Waals surface area (Å²) in [6.45, 7) is 5.75. The van der Waals surface area contributed by atoms with E-state index in [0.717, 1.165) is 11.1 Å². The molecule has 0 radical (unpaired) electrons. The number of halogens is 1. The van der Waals surface area contributed by atoms with Gasteiger partial charge in [0.1, 0.15) is 5.82 Å². The van der Waals surface area contributed by atoms with Crippen molar-refractivity contribution < 1.29 is 4.39 Å². The van der Waals surface area contributed by atoms with Crippen LogP contribution in [0.3, 0.4) is 0 Å². The van der Waals surface area contributed by atoms with E-state index in [4.69, 9.17) is 0 Å². The van der Waals surface area contributed by atoms with Crippen LogP contribution in [0.25, 0.3) is 11.1 Å². The lowest BCUT2D eigenvalue weighted by atomic mass is 10.1. The zero-order valence-electron chi connectivity index (χ0n) is 9.87. The first-order valence-corrected chi connectivity index (χ1v) is 5.44. The van der Waals surface area contributed by atoms with Crippen LogP contribution in [0.4, 0.5) is 4.39 Å². The van der Waals surface area contributed by atoms with Crippen molar-refractivity contribution in [2.45, 2.75) is 20.8 Å². The molecule has 0 bridgehead atoms. The molecule has 1 heterocycles. The minimum Gasteiger partial charge on any atom is -0.264 e. The molecule has 2 heteroatoms. The average molecular weight is 217 g/mol. The Morgan fingerprint density at radius 3 is 2.38 bits per heavy atom. The van der Waals surface area contributed by atoms with Crippen LogP contribution in [0, 0.1) is 12.7 Å². The van der Waals surface area contributed by atoms with Gasteiger partial charge in [0, 0.05) is 18.0 Å². The Bertz CT molecular complexity index is 438. The molecular formula is C14H16FN. The van der Waals surface area contributed by atoms with Crippen molar-refractivity contribution >= 4 is 0 Å². The number of hydrogen-bond acceptors (Lipinski definition) is 1. The fourth-order valence-corrected chi connectivity index (χ4v) is 1.31. The fourth-order valence-electron chi connectivity index (χ4n) is 1.31. The van der Waals surface area contributed by atoms with Gasteiger partial charge in [0.25, 0.3) is 0 Å². The molecule has 0 aliphatic carbocycles. The van der Waals surface area contributed by atoms with Crippen molar-refractivity contribution in [3.8, 4) is 11.1 Å². The summed E-state index contributed by atoms with van der Waals surface area (Å²) in [6, 6.07) is 8.96. The van der Waals surface area contributed by atoms with Crippen molar-refractivity contribution in [3.05, 3.63) is 54.1 Å². The predicted octanol–water partition coefficient (Wildman–Crippen LogP) is 4.22. The zero-order chi connectivity index (χ0) is 12.0. The van der Waals surface area contributed by atoms with E-state index in [-0.39, 0.29) is 5.82 Å². The molecular weight excluding hydrogens is 201 g/mol. The minimum absolute atomic E-state index is 0.175. The lowest BCUT2D eigenvalue weighted by Crippen LogP contribution is -1.84. The highest BCUT2D eigenvalue weighted by atomic mass is 19.1. The summed E-state index contributed by atoms with van der Waals surface area (Å²) in [4.78, 5) is 3.99. The van der Waals surface area contributed by atoms with Crippen LogP contribution in [0.15, 0.2) is 42.7 Å². The summed E-state index contributed by atoms with van der Waals surface area (Å²) in [5, 5.41) is 0. The Labute approximate surface area is 96.0 Å². The molecule has 0 atom stereocenters. The van der Waals surface area contributed by atoms with Gasteiger partial charge in [-0.15, -0.1) is 0 Å². The number of pyridine rings is 1. The Morgan fingerprint density at radius 2 is 1.81 bits per heavy atom. The molecule has 2 aromatic rings. The van der Waals surface area contributed by atoms with E-state index in [1.54, 1.807) is 25.4 Å². The number of aromatic nitrogens is 1. The van der Waals surface area contributed by atoms with Gasteiger partial charge < -0.3 is 0 Å². The normalized spacial score (nSPS) is 9.25. The van der Waals surface area contributed by atoms with Gasteiger partial charge >= 0.3 is 0 Å². The summed E-state index contributed by atoms with van der Waals surface area (Å²) >= 11 is 0. The van der Waals surface area contributed by atoms with Crippen molar-refractivity contribution in [2.75, 3.05) is 0 Å². The molecule has 0 saturated carbocycles. The van der Waals surface area contributed by atoms with Gasteiger partial charge in [0.05, 0.1) is 0 Å². The molecule has 2 rings (SSSR count). The molecule has 0 N–H and O–H groups in total. The quantitative estimate of drug-likeness (QED) is 0.696. The molecule has 0 amide bonds.